The zero-order valence-electron chi connectivity index (χ0n) is 10.3. The van der Waals surface area contributed by atoms with E-state index < -0.39 is 11.7 Å². The van der Waals surface area contributed by atoms with Gasteiger partial charge in [0.2, 0.25) is 0 Å². The van der Waals surface area contributed by atoms with Gasteiger partial charge in [0.05, 0.1) is 5.69 Å². The van der Waals surface area contributed by atoms with E-state index in [1.54, 1.807) is 18.3 Å². The Kier molecular flexibility index (Phi) is 3.28. The van der Waals surface area contributed by atoms with Crippen LogP contribution in [-0.4, -0.2) is 16.7 Å². The number of hydrogen-bond acceptors (Lipinski definition) is 2. The van der Waals surface area contributed by atoms with Gasteiger partial charge in [-0.05, 0) is 43.2 Å². The lowest BCUT2D eigenvalue weighted by molar-refractivity contribution is -0.112. The van der Waals surface area contributed by atoms with E-state index in [0.717, 1.165) is 11.1 Å². The predicted molar refractivity (Wildman–Crippen MR) is 69.7 cm³/mol. The van der Waals surface area contributed by atoms with Crippen LogP contribution in [0.2, 0.25) is 0 Å². The number of H-pyrrole nitrogens is 1. The Hall–Kier alpha value is -2.36. The lowest BCUT2D eigenvalue weighted by Crippen LogP contribution is -2.23. The van der Waals surface area contributed by atoms with Crippen LogP contribution < -0.4 is 5.32 Å². The van der Waals surface area contributed by atoms with Crippen LogP contribution in [0.4, 0.5) is 5.69 Å². The van der Waals surface area contributed by atoms with Crippen LogP contribution in [0, 0.1) is 13.8 Å². The van der Waals surface area contributed by atoms with Crippen molar-refractivity contribution < 1.29 is 9.59 Å². The molecule has 0 unspecified atom stereocenters. The fraction of sp³-hybridized carbons (Fsp3) is 0.143. The third-order valence-corrected chi connectivity index (χ3v) is 2.69. The van der Waals surface area contributed by atoms with Crippen molar-refractivity contribution in [2.45, 2.75) is 13.8 Å². The number of hydrogen-bond donors (Lipinski definition) is 2. The Morgan fingerprint density at radius 2 is 1.94 bits per heavy atom. The molecule has 0 aliphatic carbocycles. The van der Waals surface area contributed by atoms with Gasteiger partial charge in [-0.2, -0.15) is 0 Å². The second kappa shape index (κ2) is 4.87. The summed E-state index contributed by atoms with van der Waals surface area (Å²) < 4.78 is 0. The van der Waals surface area contributed by atoms with Crippen LogP contribution >= 0.6 is 0 Å². The minimum absolute atomic E-state index is 0.290. The third kappa shape index (κ3) is 2.48. The minimum Gasteiger partial charge on any atom is -0.358 e. The predicted octanol–water partition coefficient (Wildman–Crippen LogP) is 2.45. The molecule has 0 spiro atoms. The molecular weight excluding hydrogens is 228 g/mol. The quantitative estimate of drug-likeness (QED) is 0.641. The molecule has 1 heterocycles. The second-order valence-corrected chi connectivity index (χ2v) is 4.19. The highest BCUT2D eigenvalue weighted by atomic mass is 16.2. The summed E-state index contributed by atoms with van der Waals surface area (Å²) in [4.78, 5) is 26.3. The number of rotatable bonds is 3. The highest BCUT2D eigenvalue weighted by Gasteiger charge is 2.17. The molecule has 0 saturated carbocycles. The summed E-state index contributed by atoms with van der Waals surface area (Å²) in [5, 5.41) is 2.63. The molecule has 0 fully saturated rings. The van der Waals surface area contributed by atoms with E-state index in [2.05, 4.69) is 10.3 Å². The summed E-state index contributed by atoms with van der Waals surface area (Å²) in [7, 11) is 0. The van der Waals surface area contributed by atoms with Gasteiger partial charge in [-0.1, -0.05) is 12.1 Å². The number of aromatic nitrogens is 1. The second-order valence-electron chi connectivity index (χ2n) is 4.19. The molecular formula is C14H14N2O2. The van der Waals surface area contributed by atoms with Crippen LogP contribution in [0.3, 0.4) is 0 Å². The number of aromatic amines is 1. The fourth-order valence-electron chi connectivity index (χ4n) is 1.64. The SMILES string of the molecule is Cc1ccc(C)c(NC(=O)C(=O)c2ccc[nH]2)c1. The molecule has 0 saturated heterocycles. The maximum atomic E-state index is 11.8. The maximum absolute atomic E-state index is 11.8. The van der Waals surface area contributed by atoms with E-state index in [1.165, 1.54) is 0 Å². The van der Waals surface area contributed by atoms with Gasteiger partial charge in [0.15, 0.2) is 0 Å². The number of ketones is 1. The summed E-state index contributed by atoms with van der Waals surface area (Å²) in [6, 6.07) is 8.96. The van der Waals surface area contributed by atoms with E-state index in [1.807, 2.05) is 32.0 Å². The van der Waals surface area contributed by atoms with Crippen molar-refractivity contribution in [1.29, 1.82) is 0 Å². The van der Waals surface area contributed by atoms with E-state index in [9.17, 15) is 9.59 Å². The number of carbonyl (C=O) groups is 2. The summed E-state index contributed by atoms with van der Waals surface area (Å²) >= 11 is 0. The van der Waals surface area contributed by atoms with Gasteiger partial charge in [0.1, 0.15) is 0 Å². The third-order valence-electron chi connectivity index (χ3n) is 2.69. The van der Waals surface area contributed by atoms with E-state index in [4.69, 9.17) is 0 Å². The first kappa shape index (κ1) is 12.1. The fourth-order valence-corrected chi connectivity index (χ4v) is 1.64. The van der Waals surface area contributed by atoms with Crippen molar-refractivity contribution in [3.8, 4) is 0 Å². The van der Waals surface area contributed by atoms with Gasteiger partial charge in [0.25, 0.3) is 11.7 Å². The van der Waals surface area contributed by atoms with Crippen molar-refractivity contribution >= 4 is 17.4 Å². The van der Waals surface area contributed by atoms with Crippen LogP contribution in [0.15, 0.2) is 36.5 Å². The normalized spacial score (nSPS) is 10.1. The Labute approximate surface area is 105 Å². The highest BCUT2D eigenvalue weighted by Crippen LogP contribution is 2.16. The molecule has 2 aromatic rings. The molecule has 0 atom stereocenters. The molecule has 1 aromatic heterocycles. The molecule has 1 aromatic carbocycles. The minimum atomic E-state index is -0.633. The number of nitrogens with one attached hydrogen (secondary N) is 2. The lowest BCUT2D eigenvalue weighted by atomic mass is 10.1. The monoisotopic (exact) mass is 242 g/mol. The van der Waals surface area contributed by atoms with Crippen molar-refractivity contribution in [2.24, 2.45) is 0 Å². The largest absolute Gasteiger partial charge is 0.358 e. The Morgan fingerprint density at radius 3 is 2.61 bits per heavy atom. The van der Waals surface area contributed by atoms with E-state index in [-0.39, 0.29) is 5.69 Å². The van der Waals surface area contributed by atoms with Gasteiger partial charge in [-0.15, -0.1) is 0 Å². The summed E-state index contributed by atoms with van der Waals surface area (Å²) in [6.07, 6.45) is 1.61. The van der Waals surface area contributed by atoms with E-state index in [0.29, 0.717) is 5.69 Å². The summed E-state index contributed by atoms with van der Waals surface area (Å²) in [5.74, 6) is -1.20. The molecule has 0 aliphatic rings. The van der Waals surface area contributed by atoms with Gasteiger partial charge in [0, 0.05) is 11.9 Å². The van der Waals surface area contributed by atoms with Gasteiger partial charge in [-0.25, -0.2) is 0 Å². The number of Topliss-reactive ketones (excluding diaryl/α,β-unsaturated/α-hetero) is 1. The molecule has 4 nitrogen and oxygen atoms in total. The smallest absolute Gasteiger partial charge is 0.298 e. The molecule has 92 valence electrons. The van der Waals surface area contributed by atoms with E-state index >= 15 is 0 Å². The zero-order chi connectivity index (χ0) is 13.1. The van der Waals surface area contributed by atoms with Gasteiger partial charge in [-0.3, -0.25) is 9.59 Å². The number of benzene rings is 1. The van der Waals surface area contributed by atoms with Crippen molar-refractivity contribution in [3.63, 3.8) is 0 Å². The first-order valence-electron chi connectivity index (χ1n) is 5.64. The Morgan fingerprint density at radius 1 is 1.17 bits per heavy atom. The summed E-state index contributed by atoms with van der Waals surface area (Å²) in [6.45, 7) is 3.82. The average molecular weight is 242 g/mol. The molecule has 2 N–H and O–H groups in total. The molecule has 0 bridgehead atoms. The lowest BCUT2D eigenvalue weighted by Gasteiger charge is -2.08. The number of anilines is 1. The average Bonchev–Trinajstić information content (AvgIpc) is 2.86. The molecule has 18 heavy (non-hydrogen) atoms. The van der Waals surface area contributed by atoms with Crippen LogP contribution in [0.1, 0.15) is 21.6 Å². The van der Waals surface area contributed by atoms with Crippen molar-refractivity contribution in [2.75, 3.05) is 5.32 Å². The number of carbonyl (C=O) groups excluding carboxylic acids is 2. The highest BCUT2D eigenvalue weighted by molar-refractivity contribution is 6.46. The summed E-state index contributed by atoms with van der Waals surface area (Å²) in [5.41, 5.74) is 2.91. The zero-order valence-corrected chi connectivity index (χ0v) is 10.3. The first-order valence-corrected chi connectivity index (χ1v) is 5.64. The van der Waals surface area contributed by atoms with Crippen molar-refractivity contribution in [1.82, 2.24) is 4.98 Å². The van der Waals surface area contributed by atoms with Crippen LogP contribution in [0.25, 0.3) is 0 Å². The molecule has 2 rings (SSSR count). The molecule has 1 amide bonds. The topological polar surface area (TPSA) is 62.0 Å². The Balaban J connectivity index is 2.17. The van der Waals surface area contributed by atoms with Gasteiger partial charge < -0.3 is 10.3 Å². The number of aryl methyl sites for hydroxylation is 2. The van der Waals surface area contributed by atoms with Gasteiger partial charge >= 0.3 is 0 Å². The first-order chi connectivity index (χ1) is 8.58. The van der Waals surface area contributed by atoms with Crippen LogP contribution in [0.5, 0.6) is 0 Å². The maximum Gasteiger partial charge on any atom is 0.298 e. The molecule has 4 heteroatoms. The standard InChI is InChI=1S/C14H14N2O2/c1-9-5-6-10(2)12(8-9)16-14(18)13(17)11-4-3-7-15-11/h3-8,15H,1-2H3,(H,16,18). The van der Waals surface area contributed by atoms with Crippen LogP contribution in [-0.2, 0) is 4.79 Å². The Bertz CT molecular complexity index is 586. The molecule has 0 radical (unpaired) electrons. The molecule has 0 aliphatic heterocycles. The van der Waals surface area contributed by atoms with Crippen molar-refractivity contribution in [3.05, 3.63) is 53.3 Å². The number of amides is 1.